The van der Waals surface area contributed by atoms with E-state index in [4.69, 9.17) is 5.41 Å². The van der Waals surface area contributed by atoms with Gasteiger partial charge in [-0.15, -0.1) is 11.3 Å². The quantitative estimate of drug-likeness (QED) is 0.515. The minimum Gasteiger partial charge on any atom is -0.287 e. The van der Waals surface area contributed by atoms with Gasteiger partial charge in [-0.1, -0.05) is 30.3 Å². The topological polar surface area (TPSA) is 93.4 Å². The van der Waals surface area contributed by atoms with Gasteiger partial charge >= 0.3 is 12.4 Å². The van der Waals surface area contributed by atoms with Gasteiger partial charge < -0.3 is 0 Å². The predicted octanol–water partition coefficient (Wildman–Crippen LogP) is 4.21. The second-order valence-corrected chi connectivity index (χ2v) is 8.83. The molecule has 0 radical (unpaired) electrons. The van der Waals surface area contributed by atoms with Crippen LogP contribution >= 0.6 is 11.3 Å². The Morgan fingerprint density at radius 3 is 2.17 bits per heavy atom. The van der Waals surface area contributed by atoms with E-state index in [0.717, 1.165) is 47.0 Å². The molecule has 2 atom stereocenters. The molecular weight excluding hydrogens is 506 g/mol. The Morgan fingerprint density at radius 1 is 0.972 bits per heavy atom. The van der Waals surface area contributed by atoms with Crippen LogP contribution in [0, 0.1) is 34.0 Å². The van der Waals surface area contributed by atoms with Gasteiger partial charge in [0.25, 0.3) is 5.56 Å². The van der Waals surface area contributed by atoms with Crippen LogP contribution in [0.15, 0.2) is 53.3 Å². The summed E-state index contributed by atoms with van der Waals surface area (Å²) in [6.07, 6.45) is -8.14. The first-order valence-corrected chi connectivity index (χ1v) is 10.9. The Morgan fingerprint density at radius 2 is 1.58 bits per heavy atom. The van der Waals surface area contributed by atoms with Gasteiger partial charge in [0.1, 0.15) is 16.4 Å². The summed E-state index contributed by atoms with van der Waals surface area (Å²) in [6.45, 7) is 0. The smallest absolute Gasteiger partial charge is 0.287 e. The second kappa shape index (κ2) is 8.81. The third kappa shape index (κ3) is 4.32. The maximum atomic E-state index is 13.3. The maximum Gasteiger partial charge on any atom is 0.416 e. The van der Waals surface area contributed by atoms with Gasteiger partial charge in [-0.25, -0.2) is 0 Å². The van der Waals surface area contributed by atoms with Gasteiger partial charge in [0, 0.05) is 5.92 Å². The lowest BCUT2D eigenvalue weighted by atomic mass is 9.79. The molecule has 0 aliphatic carbocycles. The first-order chi connectivity index (χ1) is 16.9. The molecule has 182 valence electrons. The molecule has 0 saturated heterocycles. The van der Waals surface area contributed by atoms with Crippen LogP contribution in [0.4, 0.5) is 26.3 Å². The van der Waals surface area contributed by atoms with Crippen molar-refractivity contribution >= 4 is 28.8 Å². The van der Waals surface area contributed by atoms with Crippen LogP contribution in [0.2, 0.25) is 0 Å². The summed E-state index contributed by atoms with van der Waals surface area (Å²) in [5.74, 6) is -3.25. The summed E-state index contributed by atoms with van der Waals surface area (Å²) < 4.78 is 79.6. The van der Waals surface area contributed by atoms with Gasteiger partial charge in [-0.3, -0.25) is 14.8 Å². The zero-order valence-electron chi connectivity index (χ0n) is 17.8. The van der Waals surface area contributed by atoms with Crippen LogP contribution in [0.25, 0.3) is 11.6 Å². The van der Waals surface area contributed by atoms with Crippen molar-refractivity contribution in [3.05, 3.63) is 90.3 Å². The Hall–Kier alpha value is -4.16. The fourth-order valence-electron chi connectivity index (χ4n) is 3.95. The molecule has 1 aliphatic heterocycles. The zero-order chi connectivity index (χ0) is 26.4. The molecule has 3 aromatic rings. The van der Waals surface area contributed by atoms with Crippen molar-refractivity contribution in [1.29, 1.82) is 15.9 Å². The standard InChI is InChI=1S/C24H12F6N4OS/c25-23(26,27)14-5-1-3-12(7-14)8-18-21(35)34-20(33)16(10-31)19(17(11-32)22(34)36-18)13-4-2-6-15(9-13)24(28,29)30/h1-9,16,19,33H/b18-8+,33-20?. The third-order valence-corrected chi connectivity index (χ3v) is 6.69. The molecule has 0 saturated carbocycles. The monoisotopic (exact) mass is 518 g/mol. The van der Waals surface area contributed by atoms with Crippen LogP contribution in [-0.4, -0.2) is 10.4 Å². The molecule has 1 aliphatic rings. The number of benzene rings is 2. The number of nitrogens with one attached hydrogen (secondary N) is 1. The second-order valence-electron chi connectivity index (χ2n) is 7.80. The Bertz CT molecular complexity index is 1650. The molecular formula is C24H12F6N4OS. The number of fused-ring (bicyclic) bond motifs is 1. The minimum atomic E-state index is -4.69. The lowest BCUT2D eigenvalue weighted by Gasteiger charge is -2.27. The van der Waals surface area contributed by atoms with Gasteiger partial charge in [-0.2, -0.15) is 36.9 Å². The van der Waals surface area contributed by atoms with Crippen LogP contribution in [0.3, 0.4) is 0 Å². The molecule has 0 bridgehead atoms. The van der Waals surface area contributed by atoms with Crippen molar-refractivity contribution < 1.29 is 26.3 Å². The molecule has 12 heteroatoms. The SMILES string of the molecule is N#CC1=c2s/c(=C/c3cccc(C(F)(F)F)c3)c(=O)n2C(=N)C(C#N)C1c1cccc(C(F)(F)F)c1. The van der Waals surface area contributed by atoms with E-state index < -0.39 is 46.7 Å². The summed E-state index contributed by atoms with van der Waals surface area (Å²) >= 11 is 0.709. The van der Waals surface area contributed by atoms with Crippen molar-refractivity contribution in [3.63, 3.8) is 0 Å². The van der Waals surface area contributed by atoms with E-state index in [1.165, 1.54) is 12.1 Å². The number of alkyl halides is 6. The Kier molecular flexibility index (Phi) is 6.10. The molecule has 1 N–H and O–H groups in total. The molecule has 0 spiro atoms. The van der Waals surface area contributed by atoms with Gasteiger partial charge in [0.05, 0.1) is 33.4 Å². The summed E-state index contributed by atoms with van der Waals surface area (Å²) in [7, 11) is 0. The number of hydrogen-bond acceptors (Lipinski definition) is 5. The van der Waals surface area contributed by atoms with E-state index in [1.807, 2.05) is 12.1 Å². The van der Waals surface area contributed by atoms with Crippen molar-refractivity contribution in [1.82, 2.24) is 4.57 Å². The Balaban J connectivity index is 1.98. The fourth-order valence-corrected chi connectivity index (χ4v) is 5.09. The van der Waals surface area contributed by atoms with E-state index in [1.54, 1.807) is 0 Å². The lowest BCUT2D eigenvalue weighted by Crippen LogP contribution is -2.45. The highest BCUT2D eigenvalue weighted by atomic mass is 32.1. The van der Waals surface area contributed by atoms with Crippen LogP contribution in [0.5, 0.6) is 0 Å². The summed E-state index contributed by atoms with van der Waals surface area (Å²) in [5.41, 5.74) is -2.96. The van der Waals surface area contributed by atoms with Gasteiger partial charge in [0.15, 0.2) is 0 Å². The third-order valence-electron chi connectivity index (χ3n) is 5.58. The van der Waals surface area contributed by atoms with Gasteiger partial charge in [0.2, 0.25) is 0 Å². The largest absolute Gasteiger partial charge is 0.416 e. The molecule has 0 fully saturated rings. The first kappa shape index (κ1) is 24.9. The van der Waals surface area contributed by atoms with Crippen LogP contribution < -0.4 is 14.8 Å². The summed E-state index contributed by atoms with van der Waals surface area (Å²) in [6, 6.07) is 11.9. The van der Waals surface area contributed by atoms with Crippen molar-refractivity contribution in [3.8, 4) is 12.1 Å². The molecule has 2 unspecified atom stereocenters. The van der Waals surface area contributed by atoms with Crippen molar-refractivity contribution in [2.24, 2.45) is 5.92 Å². The van der Waals surface area contributed by atoms with E-state index in [9.17, 15) is 41.7 Å². The maximum absolute atomic E-state index is 13.3. The number of aromatic nitrogens is 1. The zero-order valence-corrected chi connectivity index (χ0v) is 18.6. The first-order valence-electron chi connectivity index (χ1n) is 10.1. The summed E-state index contributed by atoms with van der Waals surface area (Å²) in [5, 5.41) is 28.1. The van der Waals surface area contributed by atoms with E-state index >= 15 is 0 Å². The Labute approximate surface area is 202 Å². The number of rotatable bonds is 2. The number of thiazole rings is 1. The average molecular weight is 518 g/mol. The lowest BCUT2D eigenvalue weighted by molar-refractivity contribution is -0.138. The van der Waals surface area contributed by atoms with E-state index in [-0.39, 0.29) is 25.9 Å². The summed E-state index contributed by atoms with van der Waals surface area (Å²) in [4.78, 5) is 13.1. The van der Waals surface area contributed by atoms with E-state index in [0.29, 0.717) is 11.3 Å². The molecule has 0 amide bonds. The highest BCUT2D eigenvalue weighted by molar-refractivity contribution is 7.07. The highest BCUT2D eigenvalue weighted by Gasteiger charge is 2.39. The van der Waals surface area contributed by atoms with Gasteiger partial charge in [-0.05, 0) is 35.4 Å². The average Bonchev–Trinajstić information content (AvgIpc) is 3.14. The molecule has 2 heterocycles. The number of nitriles is 2. The molecule has 36 heavy (non-hydrogen) atoms. The predicted molar refractivity (Wildman–Crippen MR) is 118 cm³/mol. The highest BCUT2D eigenvalue weighted by Crippen LogP contribution is 2.38. The van der Waals surface area contributed by atoms with Crippen molar-refractivity contribution in [2.75, 3.05) is 0 Å². The minimum absolute atomic E-state index is 0.0341. The molecule has 4 rings (SSSR count). The van der Waals surface area contributed by atoms with Crippen molar-refractivity contribution in [2.45, 2.75) is 18.3 Å². The normalized spacial score (nSPS) is 18.5. The molecule has 5 nitrogen and oxygen atoms in total. The fraction of sp³-hybridized carbons (Fsp3) is 0.167. The molecule has 1 aromatic heterocycles. The number of hydrogen-bond donors (Lipinski definition) is 1. The van der Waals surface area contributed by atoms with Crippen LogP contribution in [-0.2, 0) is 12.4 Å². The number of nitrogens with zero attached hydrogens (tertiary/aromatic N) is 3. The van der Waals surface area contributed by atoms with E-state index in [2.05, 4.69) is 0 Å². The van der Waals surface area contributed by atoms with Crippen LogP contribution in [0.1, 0.15) is 28.2 Å². The number of halogens is 6. The molecule has 2 aromatic carbocycles.